The largest absolute Gasteiger partial charge is 0.478 e. The third-order valence-electron chi connectivity index (χ3n) is 4.29. The second-order valence-corrected chi connectivity index (χ2v) is 5.95. The van der Waals surface area contributed by atoms with E-state index in [1.165, 1.54) is 29.3 Å². The zero-order valence-electron chi connectivity index (χ0n) is 13.7. The van der Waals surface area contributed by atoms with E-state index in [2.05, 4.69) is 6.92 Å². The molecule has 2 aromatic rings. The molecule has 0 unspecified atom stereocenters. The molecule has 1 aliphatic rings. The van der Waals surface area contributed by atoms with Crippen molar-refractivity contribution in [3.63, 3.8) is 0 Å². The molecule has 25 heavy (non-hydrogen) atoms. The molecule has 0 aliphatic heterocycles. The van der Waals surface area contributed by atoms with Gasteiger partial charge in [0.25, 0.3) is 0 Å². The van der Waals surface area contributed by atoms with Crippen molar-refractivity contribution >= 4 is 17.7 Å². The molecule has 1 N–H and O–H groups in total. The van der Waals surface area contributed by atoms with Crippen molar-refractivity contribution in [2.75, 3.05) is 0 Å². The van der Waals surface area contributed by atoms with E-state index in [1.807, 2.05) is 12.1 Å². The molecule has 0 amide bonds. The lowest BCUT2D eigenvalue weighted by Gasteiger charge is -2.12. The standard InChI is InChI=1S/C19H17NO5/c1-12-5-8-17(15-4-2-3-14(12)15)25-18-9-6-13(7-10-19(21)22)11-16(18)20(23)24/h5-11H,2-4H2,1H3,(H,21,22)/b10-7+. The number of nitrogens with zero attached hydrogens (tertiary/aromatic N) is 1. The molecular formula is C19H17NO5. The summed E-state index contributed by atoms with van der Waals surface area (Å²) >= 11 is 0. The van der Waals surface area contributed by atoms with Gasteiger partial charge in [0.15, 0.2) is 0 Å². The molecule has 3 rings (SSSR count). The maximum atomic E-state index is 11.4. The summed E-state index contributed by atoms with van der Waals surface area (Å²) in [6.07, 6.45) is 5.20. The summed E-state index contributed by atoms with van der Waals surface area (Å²) in [5.74, 6) is -0.316. The van der Waals surface area contributed by atoms with Crippen LogP contribution < -0.4 is 4.74 Å². The van der Waals surface area contributed by atoms with Crippen molar-refractivity contribution in [1.82, 2.24) is 0 Å². The summed E-state index contributed by atoms with van der Waals surface area (Å²) in [7, 11) is 0. The smallest absolute Gasteiger partial charge is 0.328 e. The predicted molar refractivity (Wildman–Crippen MR) is 93.0 cm³/mol. The van der Waals surface area contributed by atoms with Crippen LogP contribution in [0.4, 0.5) is 5.69 Å². The first-order valence-corrected chi connectivity index (χ1v) is 7.94. The lowest BCUT2D eigenvalue weighted by atomic mass is 10.0. The number of hydrogen-bond donors (Lipinski definition) is 1. The number of carbonyl (C=O) groups is 1. The molecule has 0 heterocycles. The van der Waals surface area contributed by atoms with E-state index in [0.717, 1.165) is 30.9 Å². The number of benzene rings is 2. The molecular weight excluding hydrogens is 322 g/mol. The SMILES string of the molecule is Cc1ccc(Oc2ccc(/C=C/C(=O)O)cc2[N+](=O)[O-])c2c1CCC2. The first-order chi connectivity index (χ1) is 12.0. The minimum atomic E-state index is -1.11. The van der Waals surface area contributed by atoms with Crippen molar-refractivity contribution in [1.29, 1.82) is 0 Å². The van der Waals surface area contributed by atoms with E-state index in [-0.39, 0.29) is 11.4 Å². The van der Waals surface area contributed by atoms with Crippen molar-refractivity contribution in [3.05, 3.63) is 68.8 Å². The topological polar surface area (TPSA) is 89.7 Å². The molecule has 0 radical (unpaired) electrons. The van der Waals surface area contributed by atoms with Crippen molar-refractivity contribution in [3.8, 4) is 11.5 Å². The Morgan fingerprint density at radius 1 is 1.20 bits per heavy atom. The fraction of sp³-hybridized carbons (Fsp3) is 0.211. The summed E-state index contributed by atoms with van der Waals surface area (Å²) in [4.78, 5) is 21.4. The van der Waals surface area contributed by atoms with Crippen LogP contribution >= 0.6 is 0 Å². The molecule has 6 nitrogen and oxygen atoms in total. The van der Waals surface area contributed by atoms with Crippen LogP contribution in [-0.4, -0.2) is 16.0 Å². The van der Waals surface area contributed by atoms with Crippen LogP contribution in [0.5, 0.6) is 11.5 Å². The van der Waals surface area contributed by atoms with Gasteiger partial charge in [0.05, 0.1) is 4.92 Å². The first-order valence-electron chi connectivity index (χ1n) is 7.94. The van der Waals surface area contributed by atoms with Crippen LogP contribution in [0.25, 0.3) is 6.08 Å². The van der Waals surface area contributed by atoms with Gasteiger partial charge in [-0.25, -0.2) is 4.79 Å². The van der Waals surface area contributed by atoms with Gasteiger partial charge in [-0.15, -0.1) is 0 Å². The molecule has 0 fully saturated rings. The quantitative estimate of drug-likeness (QED) is 0.499. The number of nitro benzene ring substituents is 1. The molecule has 0 aromatic heterocycles. The van der Waals surface area contributed by atoms with Crippen LogP contribution in [0.2, 0.25) is 0 Å². The number of nitro groups is 1. The van der Waals surface area contributed by atoms with Gasteiger partial charge in [-0.3, -0.25) is 10.1 Å². The minimum Gasteiger partial charge on any atom is -0.478 e. The van der Waals surface area contributed by atoms with E-state index in [9.17, 15) is 14.9 Å². The van der Waals surface area contributed by atoms with Gasteiger partial charge < -0.3 is 9.84 Å². The summed E-state index contributed by atoms with van der Waals surface area (Å²) in [5.41, 5.74) is 3.82. The molecule has 0 atom stereocenters. The Labute approximate surface area is 144 Å². The first kappa shape index (κ1) is 16.7. The second-order valence-electron chi connectivity index (χ2n) is 5.95. The second kappa shape index (κ2) is 6.76. The monoisotopic (exact) mass is 339 g/mol. The van der Waals surface area contributed by atoms with E-state index < -0.39 is 10.9 Å². The highest BCUT2D eigenvalue weighted by atomic mass is 16.6. The predicted octanol–water partition coefficient (Wildman–Crippen LogP) is 4.28. The normalized spacial score (nSPS) is 13.0. The van der Waals surface area contributed by atoms with Gasteiger partial charge in [-0.1, -0.05) is 12.1 Å². The number of carboxylic acids is 1. The highest BCUT2D eigenvalue weighted by molar-refractivity contribution is 5.85. The third kappa shape index (κ3) is 3.52. The van der Waals surface area contributed by atoms with E-state index >= 15 is 0 Å². The third-order valence-corrected chi connectivity index (χ3v) is 4.29. The fourth-order valence-electron chi connectivity index (χ4n) is 3.10. The maximum Gasteiger partial charge on any atom is 0.328 e. The van der Waals surface area contributed by atoms with Crippen LogP contribution in [0.15, 0.2) is 36.4 Å². The van der Waals surface area contributed by atoms with Crippen LogP contribution in [-0.2, 0) is 17.6 Å². The molecule has 0 saturated carbocycles. The van der Waals surface area contributed by atoms with Crippen LogP contribution in [0.1, 0.15) is 28.7 Å². The number of fused-ring (bicyclic) bond motifs is 1. The zero-order valence-corrected chi connectivity index (χ0v) is 13.7. The maximum absolute atomic E-state index is 11.4. The lowest BCUT2D eigenvalue weighted by molar-refractivity contribution is -0.385. The van der Waals surface area contributed by atoms with E-state index in [1.54, 1.807) is 6.07 Å². The van der Waals surface area contributed by atoms with Crippen molar-refractivity contribution in [2.24, 2.45) is 0 Å². The Hall–Kier alpha value is -3.15. The van der Waals surface area contributed by atoms with Crippen LogP contribution in [0.3, 0.4) is 0 Å². The molecule has 1 aliphatic carbocycles. The Bertz CT molecular complexity index is 886. The number of hydrogen-bond acceptors (Lipinski definition) is 4. The molecule has 6 heteroatoms. The Morgan fingerprint density at radius 2 is 1.92 bits per heavy atom. The lowest BCUT2D eigenvalue weighted by Crippen LogP contribution is -1.97. The number of ether oxygens (including phenoxy) is 1. The summed E-state index contributed by atoms with van der Waals surface area (Å²) < 4.78 is 5.87. The van der Waals surface area contributed by atoms with Gasteiger partial charge in [0.1, 0.15) is 5.75 Å². The zero-order chi connectivity index (χ0) is 18.0. The number of carboxylic acid groups (broad SMARTS) is 1. The van der Waals surface area contributed by atoms with E-state index in [0.29, 0.717) is 11.3 Å². The Kier molecular flexibility index (Phi) is 4.52. The van der Waals surface area contributed by atoms with Gasteiger partial charge >= 0.3 is 11.7 Å². The Morgan fingerprint density at radius 3 is 2.64 bits per heavy atom. The molecule has 2 aromatic carbocycles. The van der Waals surface area contributed by atoms with Crippen molar-refractivity contribution in [2.45, 2.75) is 26.2 Å². The summed E-state index contributed by atoms with van der Waals surface area (Å²) in [5, 5.41) is 20.0. The number of rotatable bonds is 5. The average Bonchev–Trinajstić information content (AvgIpc) is 3.07. The minimum absolute atomic E-state index is 0.149. The van der Waals surface area contributed by atoms with Gasteiger partial charge in [-0.05, 0) is 66.6 Å². The van der Waals surface area contributed by atoms with Gasteiger partial charge in [-0.2, -0.15) is 0 Å². The fourth-order valence-corrected chi connectivity index (χ4v) is 3.10. The molecule has 128 valence electrons. The molecule has 0 spiro atoms. The Balaban J connectivity index is 1.97. The van der Waals surface area contributed by atoms with Gasteiger partial charge in [0.2, 0.25) is 5.75 Å². The average molecular weight is 339 g/mol. The number of aliphatic carboxylic acids is 1. The number of aryl methyl sites for hydroxylation is 1. The van der Waals surface area contributed by atoms with E-state index in [4.69, 9.17) is 9.84 Å². The van der Waals surface area contributed by atoms with Gasteiger partial charge in [0, 0.05) is 12.1 Å². The molecule has 0 bridgehead atoms. The summed E-state index contributed by atoms with van der Waals surface area (Å²) in [6.45, 7) is 2.06. The highest BCUT2D eigenvalue weighted by Gasteiger charge is 2.21. The summed E-state index contributed by atoms with van der Waals surface area (Å²) in [6, 6.07) is 8.22. The molecule has 0 saturated heterocycles. The highest BCUT2D eigenvalue weighted by Crippen LogP contribution is 2.38. The van der Waals surface area contributed by atoms with Crippen molar-refractivity contribution < 1.29 is 19.6 Å². The van der Waals surface area contributed by atoms with Crippen LogP contribution in [0, 0.1) is 17.0 Å².